The minimum atomic E-state index is -5.24. The van der Waals surface area contributed by atoms with Gasteiger partial charge in [0.15, 0.2) is 5.54 Å². The Morgan fingerprint density at radius 2 is 1.59 bits per heavy atom. The summed E-state index contributed by atoms with van der Waals surface area (Å²) in [6.45, 7) is 2.18. The van der Waals surface area contributed by atoms with Crippen molar-refractivity contribution in [2.45, 2.75) is 63.2 Å². The largest absolute Gasteiger partial charge is 0.465 e. The maximum Gasteiger partial charge on any atom is 0.416 e. The predicted octanol–water partition coefficient (Wildman–Crippen LogP) is 6.72. The molecule has 3 atom stereocenters. The van der Waals surface area contributed by atoms with Gasteiger partial charge in [0.2, 0.25) is 0 Å². The molecule has 1 heterocycles. The van der Waals surface area contributed by atoms with Crippen molar-refractivity contribution in [2.75, 3.05) is 6.61 Å². The molecule has 13 heteroatoms. The fraction of sp³-hybridized carbons (Fsp3) is 0.500. The number of halogens is 9. The highest BCUT2D eigenvalue weighted by molar-refractivity contribution is 6.14. The smallest absolute Gasteiger partial charge is 0.416 e. The van der Waals surface area contributed by atoms with E-state index in [1.54, 1.807) is 0 Å². The quantitative estimate of drug-likeness (QED) is 0.332. The lowest BCUT2D eigenvalue weighted by Crippen LogP contribution is -2.58. The van der Waals surface area contributed by atoms with Crippen LogP contribution in [-0.2, 0) is 21.9 Å². The van der Waals surface area contributed by atoms with Gasteiger partial charge in [-0.3, -0.25) is 9.79 Å². The zero-order chi connectivity index (χ0) is 28.0. The lowest BCUT2D eigenvalue weighted by molar-refractivity contribution is -0.199. The number of nitrogens with two attached hydrogens (primary N) is 1. The second kappa shape index (κ2) is 9.48. The van der Waals surface area contributed by atoms with Gasteiger partial charge >= 0.3 is 24.5 Å². The molecule has 4 nitrogen and oxygen atoms in total. The van der Waals surface area contributed by atoms with Crippen LogP contribution in [0.15, 0.2) is 47.0 Å². The van der Waals surface area contributed by atoms with E-state index in [-0.39, 0.29) is 30.4 Å². The van der Waals surface area contributed by atoms with Gasteiger partial charge in [0, 0.05) is 6.42 Å². The molecule has 1 aromatic rings. The van der Waals surface area contributed by atoms with Crippen molar-refractivity contribution in [1.29, 1.82) is 0 Å². The molecule has 2 N–H and O–H groups in total. The van der Waals surface area contributed by atoms with E-state index in [4.69, 9.17) is 10.5 Å². The number of ether oxygens (including phenoxy) is 1. The molecule has 0 saturated carbocycles. The van der Waals surface area contributed by atoms with Crippen LogP contribution in [0, 0.1) is 5.41 Å². The molecular weight excluding hydrogens is 519 g/mol. The van der Waals surface area contributed by atoms with E-state index >= 15 is 0 Å². The SMILES string of the molecule is CCOC(=O)C1(C(N)c2cc(C(F)(F)F)cc(C(F)(F)F)c2)CC(CC)(C(F)(F)F)N=C2C=CCC=C21. The predicted molar refractivity (Wildman–Crippen MR) is 115 cm³/mol. The zero-order valence-corrected chi connectivity index (χ0v) is 19.6. The summed E-state index contributed by atoms with van der Waals surface area (Å²) in [6.07, 6.45) is -13.2. The van der Waals surface area contributed by atoms with Gasteiger partial charge in [0.1, 0.15) is 5.41 Å². The van der Waals surface area contributed by atoms with Gasteiger partial charge in [0.25, 0.3) is 0 Å². The lowest BCUT2D eigenvalue weighted by atomic mass is 9.60. The Hall–Kier alpha value is -2.83. The minimum Gasteiger partial charge on any atom is -0.465 e. The summed E-state index contributed by atoms with van der Waals surface area (Å²) in [5, 5.41) is 0. The summed E-state index contributed by atoms with van der Waals surface area (Å²) in [7, 11) is 0. The first-order valence-corrected chi connectivity index (χ1v) is 11.2. The van der Waals surface area contributed by atoms with E-state index in [9.17, 15) is 44.3 Å². The van der Waals surface area contributed by atoms with E-state index in [1.807, 2.05) is 0 Å². The second-order valence-electron chi connectivity index (χ2n) is 8.82. The van der Waals surface area contributed by atoms with Crippen molar-refractivity contribution < 1.29 is 49.0 Å². The summed E-state index contributed by atoms with van der Waals surface area (Å²) in [6, 6.07) is -1.58. The van der Waals surface area contributed by atoms with E-state index in [1.165, 1.54) is 25.2 Å². The van der Waals surface area contributed by atoms with Crippen LogP contribution in [0.5, 0.6) is 0 Å². The van der Waals surface area contributed by atoms with Crippen molar-refractivity contribution >= 4 is 11.7 Å². The number of benzene rings is 1. The third kappa shape index (κ3) is 5.01. The van der Waals surface area contributed by atoms with E-state index in [0.29, 0.717) is 12.1 Å². The number of carbonyl (C=O) groups is 1. The number of esters is 1. The number of fused-ring (bicyclic) bond motifs is 1. The van der Waals surface area contributed by atoms with Gasteiger partial charge in [-0.2, -0.15) is 39.5 Å². The van der Waals surface area contributed by atoms with Gasteiger partial charge in [-0.25, -0.2) is 0 Å². The highest BCUT2D eigenvalue weighted by atomic mass is 19.4. The molecule has 0 amide bonds. The average Bonchev–Trinajstić information content (AvgIpc) is 2.80. The van der Waals surface area contributed by atoms with Crippen LogP contribution >= 0.6 is 0 Å². The molecule has 0 fully saturated rings. The average molecular weight is 542 g/mol. The summed E-state index contributed by atoms with van der Waals surface area (Å²) in [5.74, 6) is -1.30. The van der Waals surface area contributed by atoms with Gasteiger partial charge in [-0.15, -0.1) is 0 Å². The fourth-order valence-electron chi connectivity index (χ4n) is 4.75. The van der Waals surface area contributed by atoms with Gasteiger partial charge in [-0.1, -0.05) is 19.1 Å². The standard InChI is InChI=1S/C24H23F9N2O2/c1-3-20(24(31,32)33)12-21(19(36)37-4-2,16-7-5-6-8-17(16)35-20)18(34)13-9-14(22(25,26)27)11-15(10-13)23(28,29)30/h6-11,18H,3-5,12,34H2,1-2H3. The molecule has 3 rings (SSSR count). The Morgan fingerprint density at radius 1 is 1.03 bits per heavy atom. The maximum atomic E-state index is 14.4. The Bertz CT molecular complexity index is 1120. The molecule has 3 unspecified atom stereocenters. The minimum absolute atomic E-state index is 0.115. The second-order valence-corrected chi connectivity index (χ2v) is 8.82. The molecular formula is C24H23F9N2O2. The molecule has 0 saturated heterocycles. The molecule has 1 aliphatic heterocycles. The topological polar surface area (TPSA) is 64.7 Å². The number of aliphatic imine (C=N–C) groups is 1. The molecule has 0 bridgehead atoms. The van der Waals surface area contributed by atoms with Gasteiger partial charge in [-0.05, 0) is 55.2 Å². The third-order valence-electron chi connectivity index (χ3n) is 6.65. The van der Waals surface area contributed by atoms with E-state index < -0.39 is 71.0 Å². The van der Waals surface area contributed by atoms with Crippen LogP contribution in [0.4, 0.5) is 39.5 Å². The number of allylic oxidation sites excluding steroid dienone is 3. The molecule has 1 aromatic carbocycles. The maximum absolute atomic E-state index is 14.4. The van der Waals surface area contributed by atoms with Crippen molar-refractivity contribution in [3.63, 3.8) is 0 Å². The summed E-state index contributed by atoms with van der Waals surface area (Å²) < 4.78 is 129. The van der Waals surface area contributed by atoms with Crippen molar-refractivity contribution in [1.82, 2.24) is 0 Å². The fourth-order valence-corrected chi connectivity index (χ4v) is 4.75. The van der Waals surface area contributed by atoms with E-state index in [0.717, 1.165) is 6.92 Å². The van der Waals surface area contributed by atoms with E-state index in [2.05, 4.69) is 4.99 Å². The van der Waals surface area contributed by atoms with Crippen LogP contribution < -0.4 is 5.73 Å². The number of hydrogen-bond donors (Lipinski definition) is 1. The first-order chi connectivity index (χ1) is 16.9. The van der Waals surface area contributed by atoms with Crippen LogP contribution in [0.25, 0.3) is 0 Å². The first kappa shape index (κ1) is 28.7. The number of hydrogen-bond acceptors (Lipinski definition) is 4. The van der Waals surface area contributed by atoms with Gasteiger partial charge < -0.3 is 10.5 Å². The highest BCUT2D eigenvalue weighted by Gasteiger charge is 2.65. The number of carbonyl (C=O) groups excluding carboxylic acids is 1. The van der Waals surface area contributed by atoms with Crippen molar-refractivity contribution in [2.24, 2.45) is 16.1 Å². The summed E-state index contributed by atoms with van der Waals surface area (Å²) in [5.41, 5.74) is -3.81. The third-order valence-corrected chi connectivity index (χ3v) is 6.65. The summed E-state index contributed by atoms with van der Waals surface area (Å²) >= 11 is 0. The van der Waals surface area contributed by atoms with Crippen LogP contribution in [0.1, 0.15) is 55.8 Å². The monoisotopic (exact) mass is 542 g/mol. The van der Waals surface area contributed by atoms with Crippen LogP contribution in [-0.4, -0.2) is 30.0 Å². The molecule has 2 aliphatic rings. The summed E-state index contributed by atoms with van der Waals surface area (Å²) in [4.78, 5) is 17.3. The molecule has 0 radical (unpaired) electrons. The Labute approximate surface area is 206 Å². The van der Waals surface area contributed by atoms with Crippen molar-refractivity contribution in [3.05, 3.63) is 58.7 Å². The Balaban J connectivity index is 2.38. The molecule has 1 aliphatic carbocycles. The van der Waals surface area contributed by atoms with Crippen LogP contribution in [0.2, 0.25) is 0 Å². The normalized spacial score (nSPS) is 25.2. The zero-order valence-electron chi connectivity index (χ0n) is 19.6. The number of rotatable bonds is 5. The Kier molecular flexibility index (Phi) is 7.36. The number of nitrogens with zero attached hydrogens (tertiary/aromatic N) is 1. The Morgan fingerprint density at radius 3 is 2.05 bits per heavy atom. The molecule has 204 valence electrons. The molecule has 0 aromatic heterocycles. The lowest BCUT2D eigenvalue weighted by Gasteiger charge is -2.49. The first-order valence-electron chi connectivity index (χ1n) is 11.2. The van der Waals surface area contributed by atoms with Crippen molar-refractivity contribution in [3.8, 4) is 0 Å². The number of alkyl halides is 9. The highest BCUT2D eigenvalue weighted by Crippen LogP contribution is 2.57. The molecule has 37 heavy (non-hydrogen) atoms. The molecule has 0 spiro atoms. The van der Waals surface area contributed by atoms with Gasteiger partial charge in [0.05, 0.1) is 29.5 Å². The van der Waals surface area contributed by atoms with Crippen LogP contribution in [0.3, 0.4) is 0 Å².